The Kier molecular flexibility index (Phi) is 3.42. The highest BCUT2D eigenvalue weighted by molar-refractivity contribution is 6.34. The smallest absolute Gasteiger partial charge is 0.165 e. The van der Waals surface area contributed by atoms with Crippen molar-refractivity contribution in [3.05, 3.63) is 58.5 Å². The van der Waals surface area contributed by atoms with Crippen LogP contribution in [-0.4, -0.2) is 10.2 Å². The second-order valence-corrected chi connectivity index (χ2v) is 4.88. The highest BCUT2D eigenvalue weighted by Crippen LogP contribution is 2.30. The van der Waals surface area contributed by atoms with E-state index in [9.17, 15) is 4.39 Å². The second kappa shape index (κ2) is 5.23. The largest absolute Gasteiger partial charge is 0.336 e. The van der Waals surface area contributed by atoms with Gasteiger partial charge in [0.15, 0.2) is 16.8 Å². The third kappa shape index (κ3) is 2.28. The standard InChI is InChI=1S/C14H8Cl2FN3/c15-10-6-3-7-11(12(10)17)18-14-9-5-2-1-4-8(9)13(16)19-20-14/h1-7H,(H,18,20). The van der Waals surface area contributed by atoms with Crippen LogP contribution in [0.25, 0.3) is 10.8 Å². The molecule has 1 N–H and O–H groups in total. The molecule has 0 bridgehead atoms. The molecular formula is C14H8Cl2FN3. The lowest BCUT2D eigenvalue weighted by atomic mass is 10.2. The lowest BCUT2D eigenvalue weighted by Gasteiger charge is -2.10. The van der Waals surface area contributed by atoms with Crippen molar-refractivity contribution in [2.24, 2.45) is 0 Å². The predicted octanol–water partition coefficient (Wildman–Crippen LogP) is 4.82. The summed E-state index contributed by atoms with van der Waals surface area (Å²) in [4.78, 5) is 0. The molecule has 0 amide bonds. The fraction of sp³-hybridized carbons (Fsp3) is 0. The minimum atomic E-state index is -0.532. The molecule has 1 aromatic heterocycles. The van der Waals surface area contributed by atoms with Crippen molar-refractivity contribution in [1.29, 1.82) is 0 Å². The number of aromatic nitrogens is 2. The first-order chi connectivity index (χ1) is 9.66. The Labute approximate surface area is 124 Å². The van der Waals surface area contributed by atoms with Crippen molar-refractivity contribution in [3.8, 4) is 0 Å². The first kappa shape index (κ1) is 13.1. The van der Waals surface area contributed by atoms with Gasteiger partial charge >= 0.3 is 0 Å². The summed E-state index contributed by atoms with van der Waals surface area (Å²) in [5, 5.41) is 12.6. The lowest BCUT2D eigenvalue weighted by molar-refractivity contribution is 0.632. The third-order valence-electron chi connectivity index (χ3n) is 2.85. The van der Waals surface area contributed by atoms with Gasteiger partial charge < -0.3 is 5.32 Å². The summed E-state index contributed by atoms with van der Waals surface area (Å²) < 4.78 is 13.9. The number of fused-ring (bicyclic) bond motifs is 1. The van der Waals surface area contributed by atoms with Crippen LogP contribution in [0.2, 0.25) is 10.2 Å². The van der Waals surface area contributed by atoms with Gasteiger partial charge in [0.25, 0.3) is 0 Å². The van der Waals surface area contributed by atoms with Crippen molar-refractivity contribution in [2.75, 3.05) is 5.32 Å². The summed E-state index contributed by atoms with van der Waals surface area (Å²) in [6.45, 7) is 0. The zero-order valence-corrected chi connectivity index (χ0v) is 11.6. The Morgan fingerprint density at radius 2 is 1.65 bits per heavy atom. The quantitative estimate of drug-likeness (QED) is 0.737. The van der Waals surface area contributed by atoms with Gasteiger partial charge in [0.1, 0.15) is 0 Å². The molecule has 2 aromatic carbocycles. The van der Waals surface area contributed by atoms with E-state index in [0.29, 0.717) is 11.0 Å². The van der Waals surface area contributed by atoms with E-state index in [0.717, 1.165) is 10.8 Å². The summed E-state index contributed by atoms with van der Waals surface area (Å²) in [6, 6.07) is 12.1. The Bertz CT molecular complexity index is 792. The average molecular weight is 308 g/mol. The van der Waals surface area contributed by atoms with Crippen LogP contribution in [0.1, 0.15) is 0 Å². The molecule has 0 spiro atoms. The highest BCUT2D eigenvalue weighted by atomic mass is 35.5. The molecule has 6 heteroatoms. The SMILES string of the molecule is Fc1c(Cl)cccc1Nc1nnc(Cl)c2ccccc12. The van der Waals surface area contributed by atoms with E-state index in [1.165, 1.54) is 6.07 Å². The van der Waals surface area contributed by atoms with Crippen molar-refractivity contribution >= 4 is 45.5 Å². The molecule has 0 saturated heterocycles. The number of anilines is 2. The van der Waals surface area contributed by atoms with Crippen LogP contribution in [0.4, 0.5) is 15.9 Å². The number of rotatable bonds is 2. The minimum absolute atomic E-state index is 0.0428. The molecule has 0 aliphatic carbocycles. The highest BCUT2D eigenvalue weighted by Gasteiger charge is 2.11. The van der Waals surface area contributed by atoms with Gasteiger partial charge in [-0.2, -0.15) is 0 Å². The molecule has 3 rings (SSSR count). The van der Waals surface area contributed by atoms with Crippen LogP contribution in [0.5, 0.6) is 0 Å². The van der Waals surface area contributed by atoms with E-state index in [2.05, 4.69) is 15.5 Å². The number of hydrogen-bond acceptors (Lipinski definition) is 3. The van der Waals surface area contributed by atoms with E-state index in [4.69, 9.17) is 23.2 Å². The van der Waals surface area contributed by atoms with E-state index >= 15 is 0 Å². The molecule has 3 nitrogen and oxygen atoms in total. The maximum atomic E-state index is 13.9. The topological polar surface area (TPSA) is 37.8 Å². The van der Waals surface area contributed by atoms with E-state index < -0.39 is 5.82 Å². The minimum Gasteiger partial charge on any atom is -0.336 e. The molecule has 20 heavy (non-hydrogen) atoms. The Morgan fingerprint density at radius 1 is 0.900 bits per heavy atom. The van der Waals surface area contributed by atoms with Crippen molar-refractivity contribution < 1.29 is 4.39 Å². The van der Waals surface area contributed by atoms with Gasteiger partial charge in [0.2, 0.25) is 0 Å². The van der Waals surface area contributed by atoms with Crippen LogP contribution in [0.3, 0.4) is 0 Å². The number of benzene rings is 2. The van der Waals surface area contributed by atoms with Gasteiger partial charge in [-0.05, 0) is 12.1 Å². The number of halogens is 3. The van der Waals surface area contributed by atoms with Crippen LogP contribution in [0.15, 0.2) is 42.5 Å². The zero-order chi connectivity index (χ0) is 14.1. The molecule has 3 aromatic rings. The zero-order valence-electron chi connectivity index (χ0n) is 10.1. The van der Waals surface area contributed by atoms with E-state index in [-0.39, 0.29) is 10.7 Å². The molecule has 0 aliphatic rings. The van der Waals surface area contributed by atoms with Gasteiger partial charge in [0.05, 0.1) is 10.7 Å². The first-order valence-electron chi connectivity index (χ1n) is 5.79. The van der Waals surface area contributed by atoms with Crippen LogP contribution >= 0.6 is 23.2 Å². The molecular weight excluding hydrogens is 300 g/mol. The molecule has 0 atom stereocenters. The van der Waals surface area contributed by atoms with Gasteiger partial charge in [-0.1, -0.05) is 53.5 Å². The molecule has 0 fully saturated rings. The summed E-state index contributed by atoms with van der Waals surface area (Å²) in [5.41, 5.74) is 0.235. The molecule has 1 heterocycles. The monoisotopic (exact) mass is 307 g/mol. The fourth-order valence-electron chi connectivity index (χ4n) is 1.89. The van der Waals surface area contributed by atoms with Gasteiger partial charge in [-0.15, -0.1) is 10.2 Å². The van der Waals surface area contributed by atoms with Gasteiger partial charge in [0, 0.05) is 10.8 Å². The summed E-state index contributed by atoms with van der Waals surface area (Å²) in [7, 11) is 0. The fourth-order valence-corrected chi connectivity index (χ4v) is 2.27. The average Bonchev–Trinajstić information content (AvgIpc) is 2.47. The molecule has 0 unspecified atom stereocenters. The van der Waals surface area contributed by atoms with Crippen LogP contribution < -0.4 is 5.32 Å². The van der Waals surface area contributed by atoms with Crippen molar-refractivity contribution in [1.82, 2.24) is 10.2 Å². The maximum Gasteiger partial charge on any atom is 0.165 e. The molecule has 0 radical (unpaired) electrons. The normalized spacial score (nSPS) is 10.8. The lowest BCUT2D eigenvalue weighted by Crippen LogP contribution is -1.99. The molecule has 100 valence electrons. The summed E-state index contributed by atoms with van der Waals surface area (Å²) in [6.07, 6.45) is 0. The third-order valence-corrected chi connectivity index (χ3v) is 3.42. The van der Waals surface area contributed by atoms with Crippen molar-refractivity contribution in [3.63, 3.8) is 0 Å². The van der Waals surface area contributed by atoms with Crippen LogP contribution in [0, 0.1) is 5.82 Å². The first-order valence-corrected chi connectivity index (χ1v) is 6.54. The van der Waals surface area contributed by atoms with E-state index in [1.54, 1.807) is 12.1 Å². The maximum absolute atomic E-state index is 13.9. The number of nitrogens with one attached hydrogen (secondary N) is 1. The second-order valence-electron chi connectivity index (χ2n) is 4.11. The van der Waals surface area contributed by atoms with Crippen LogP contribution in [-0.2, 0) is 0 Å². The Balaban J connectivity index is 2.12. The van der Waals surface area contributed by atoms with E-state index in [1.807, 2.05) is 24.3 Å². The van der Waals surface area contributed by atoms with Crippen molar-refractivity contribution in [2.45, 2.75) is 0 Å². The Hall–Kier alpha value is -1.91. The summed E-state index contributed by atoms with van der Waals surface area (Å²) in [5.74, 6) is -0.110. The molecule has 0 aliphatic heterocycles. The number of nitrogens with zero attached hydrogens (tertiary/aromatic N) is 2. The predicted molar refractivity (Wildman–Crippen MR) is 79.2 cm³/mol. The number of hydrogen-bond donors (Lipinski definition) is 1. The summed E-state index contributed by atoms with van der Waals surface area (Å²) >= 11 is 11.7. The van der Waals surface area contributed by atoms with Gasteiger partial charge in [-0.25, -0.2) is 4.39 Å². The van der Waals surface area contributed by atoms with Gasteiger partial charge in [-0.3, -0.25) is 0 Å². The molecule has 0 saturated carbocycles. The Morgan fingerprint density at radius 3 is 2.45 bits per heavy atom.